The fraction of sp³-hybridized carbons (Fsp3) is 0.688. The second kappa shape index (κ2) is 7.61. The van der Waals surface area contributed by atoms with Crippen LogP contribution in [0.4, 0.5) is 0 Å². The highest BCUT2D eigenvalue weighted by molar-refractivity contribution is 5.13. The third kappa shape index (κ3) is 3.54. The maximum Gasteiger partial charge on any atom is 0.0763 e. The van der Waals surface area contributed by atoms with Gasteiger partial charge in [0.25, 0.3) is 0 Å². The van der Waals surface area contributed by atoms with Crippen LogP contribution in [0, 0.1) is 0 Å². The van der Waals surface area contributed by atoms with E-state index in [0.717, 1.165) is 31.5 Å². The molecule has 3 heteroatoms. The Hall–Kier alpha value is -0.930. The third-order valence-electron chi connectivity index (χ3n) is 4.42. The van der Waals surface area contributed by atoms with Crippen molar-refractivity contribution < 1.29 is 5.11 Å². The molecule has 3 nitrogen and oxygen atoms in total. The molecule has 0 aliphatic heterocycles. The minimum Gasteiger partial charge on any atom is -0.391 e. The molecule has 1 atom stereocenters. The van der Waals surface area contributed by atoms with Crippen LogP contribution in [0.5, 0.6) is 0 Å². The number of nitrogens with zero attached hydrogens (tertiary/aromatic N) is 2. The maximum atomic E-state index is 10.8. The molecule has 0 bridgehead atoms. The minimum atomic E-state index is -0.343. The van der Waals surface area contributed by atoms with Gasteiger partial charge in [0.05, 0.1) is 6.10 Å². The Morgan fingerprint density at radius 1 is 1.11 bits per heavy atom. The molecule has 1 aromatic heterocycles. The van der Waals surface area contributed by atoms with Gasteiger partial charge in [0.1, 0.15) is 0 Å². The first kappa shape index (κ1) is 16.1. The van der Waals surface area contributed by atoms with Crippen LogP contribution >= 0.6 is 0 Å². The Balaban J connectivity index is 2.91. The number of rotatable bonds is 8. The molecule has 1 aromatic rings. The highest BCUT2D eigenvalue weighted by atomic mass is 16.3. The smallest absolute Gasteiger partial charge is 0.0763 e. The van der Waals surface area contributed by atoms with E-state index in [4.69, 9.17) is 0 Å². The second-order valence-corrected chi connectivity index (χ2v) is 5.06. The number of pyridine rings is 1. The van der Waals surface area contributed by atoms with E-state index in [1.54, 1.807) is 12.4 Å². The molecule has 0 aliphatic carbocycles. The lowest BCUT2D eigenvalue weighted by Gasteiger charge is -2.46. The van der Waals surface area contributed by atoms with Crippen LogP contribution in [0.25, 0.3) is 0 Å². The summed E-state index contributed by atoms with van der Waals surface area (Å²) < 4.78 is 0. The molecule has 0 amide bonds. The van der Waals surface area contributed by atoms with Gasteiger partial charge < -0.3 is 5.11 Å². The molecule has 0 aliphatic rings. The predicted molar refractivity (Wildman–Crippen MR) is 80.2 cm³/mol. The lowest BCUT2D eigenvalue weighted by Crippen LogP contribution is -2.56. The zero-order valence-electron chi connectivity index (χ0n) is 12.8. The Bertz CT molecular complexity index is 345. The molecular formula is C16H28N2O. The van der Waals surface area contributed by atoms with Gasteiger partial charge in [0.15, 0.2) is 0 Å². The van der Waals surface area contributed by atoms with Gasteiger partial charge in [-0.25, -0.2) is 0 Å². The predicted octanol–water partition coefficient (Wildman–Crippen LogP) is 2.89. The first-order valence-electron chi connectivity index (χ1n) is 7.46. The van der Waals surface area contributed by atoms with Crippen molar-refractivity contribution in [1.29, 1.82) is 0 Å². The topological polar surface area (TPSA) is 36.4 Å². The van der Waals surface area contributed by atoms with E-state index in [1.165, 1.54) is 0 Å². The van der Waals surface area contributed by atoms with E-state index < -0.39 is 0 Å². The lowest BCUT2D eigenvalue weighted by atomic mass is 9.81. The van der Waals surface area contributed by atoms with Crippen LogP contribution < -0.4 is 0 Å². The number of likely N-dealkylation sites (N-methyl/N-ethyl adjacent to an activating group) is 1. The van der Waals surface area contributed by atoms with Crippen molar-refractivity contribution in [3.8, 4) is 0 Å². The molecule has 1 N–H and O–H groups in total. The van der Waals surface area contributed by atoms with Gasteiger partial charge >= 0.3 is 0 Å². The molecule has 1 rings (SSSR count). The molecular weight excluding hydrogens is 236 g/mol. The summed E-state index contributed by atoms with van der Waals surface area (Å²) in [5, 5.41) is 10.8. The summed E-state index contributed by atoms with van der Waals surface area (Å²) in [6.45, 7) is 10.7. The van der Waals surface area contributed by atoms with Crippen molar-refractivity contribution in [2.75, 3.05) is 13.1 Å². The van der Waals surface area contributed by atoms with Gasteiger partial charge in [-0.3, -0.25) is 9.88 Å². The molecule has 108 valence electrons. The zero-order chi connectivity index (χ0) is 14.3. The standard InChI is InChI=1S/C16H28N2O/c1-5-16(6-2,18(7-3)8-4)15(19)13-14-9-11-17-12-10-14/h9-12,15,19H,5-8,13H2,1-4H3. The fourth-order valence-corrected chi connectivity index (χ4v) is 3.16. The van der Waals surface area contributed by atoms with E-state index in [-0.39, 0.29) is 11.6 Å². The Morgan fingerprint density at radius 2 is 1.63 bits per heavy atom. The van der Waals surface area contributed by atoms with Crippen molar-refractivity contribution in [3.63, 3.8) is 0 Å². The highest BCUT2D eigenvalue weighted by Gasteiger charge is 2.38. The summed E-state index contributed by atoms with van der Waals surface area (Å²) >= 11 is 0. The van der Waals surface area contributed by atoms with Crippen molar-refractivity contribution >= 4 is 0 Å². The van der Waals surface area contributed by atoms with E-state index in [2.05, 4.69) is 37.6 Å². The van der Waals surface area contributed by atoms with E-state index in [9.17, 15) is 5.11 Å². The highest BCUT2D eigenvalue weighted by Crippen LogP contribution is 2.29. The number of aliphatic hydroxyl groups excluding tert-OH is 1. The Morgan fingerprint density at radius 3 is 2.05 bits per heavy atom. The molecule has 0 fully saturated rings. The number of hydrogen-bond acceptors (Lipinski definition) is 3. The van der Waals surface area contributed by atoms with Gasteiger partial charge in [-0.05, 0) is 43.6 Å². The quantitative estimate of drug-likeness (QED) is 0.784. The molecule has 0 aromatic carbocycles. The molecule has 19 heavy (non-hydrogen) atoms. The molecule has 1 unspecified atom stereocenters. The summed E-state index contributed by atoms with van der Waals surface area (Å²) in [6.07, 6.45) is 5.87. The molecule has 0 saturated carbocycles. The average Bonchev–Trinajstić information content (AvgIpc) is 2.45. The average molecular weight is 264 g/mol. The van der Waals surface area contributed by atoms with Crippen molar-refractivity contribution in [3.05, 3.63) is 30.1 Å². The molecule has 0 saturated heterocycles. The van der Waals surface area contributed by atoms with Crippen molar-refractivity contribution in [1.82, 2.24) is 9.88 Å². The van der Waals surface area contributed by atoms with Crippen LogP contribution in [-0.4, -0.2) is 39.7 Å². The monoisotopic (exact) mass is 264 g/mol. The van der Waals surface area contributed by atoms with Gasteiger partial charge in [-0.2, -0.15) is 0 Å². The first-order valence-corrected chi connectivity index (χ1v) is 7.46. The number of aromatic nitrogens is 1. The van der Waals surface area contributed by atoms with Gasteiger partial charge in [0, 0.05) is 24.4 Å². The molecule has 0 spiro atoms. The fourth-order valence-electron chi connectivity index (χ4n) is 3.16. The second-order valence-electron chi connectivity index (χ2n) is 5.06. The third-order valence-corrected chi connectivity index (χ3v) is 4.42. The summed E-state index contributed by atoms with van der Waals surface area (Å²) in [7, 11) is 0. The molecule has 1 heterocycles. The van der Waals surface area contributed by atoms with E-state index >= 15 is 0 Å². The Labute approximate surface area is 117 Å². The first-order chi connectivity index (χ1) is 9.14. The summed E-state index contributed by atoms with van der Waals surface area (Å²) in [4.78, 5) is 6.43. The lowest BCUT2D eigenvalue weighted by molar-refractivity contribution is -0.0340. The Kier molecular flexibility index (Phi) is 6.46. The van der Waals surface area contributed by atoms with Crippen molar-refractivity contribution in [2.45, 2.75) is 58.6 Å². The van der Waals surface area contributed by atoms with Crippen LogP contribution in [0.2, 0.25) is 0 Å². The largest absolute Gasteiger partial charge is 0.391 e. The van der Waals surface area contributed by atoms with Crippen LogP contribution in [0.15, 0.2) is 24.5 Å². The SMILES string of the molecule is CCN(CC)C(CC)(CC)C(O)Cc1ccncc1. The summed E-state index contributed by atoms with van der Waals surface area (Å²) in [5.74, 6) is 0. The van der Waals surface area contributed by atoms with E-state index in [1.807, 2.05) is 12.1 Å². The van der Waals surface area contributed by atoms with Gasteiger partial charge in [0.2, 0.25) is 0 Å². The van der Waals surface area contributed by atoms with Crippen LogP contribution in [0.3, 0.4) is 0 Å². The summed E-state index contributed by atoms with van der Waals surface area (Å²) in [5.41, 5.74) is 1.04. The van der Waals surface area contributed by atoms with Crippen LogP contribution in [-0.2, 0) is 6.42 Å². The van der Waals surface area contributed by atoms with E-state index in [0.29, 0.717) is 6.42 Å². The van der Waals surface area contributed by atoms with Crippen molar-refractivity contribution in [2.24, 2.45) is 0 Å². The molecule has 0 radical (unpaired) electrons. The normalized spacial score (nSPS) is 13.8. The number of hydrogen-bond donors (Lipinski definition) is 1. The van der Waals surface area contributed by atoms with Gasteiger partial charge in [-0.15, -0.1) is 0 Å². The van der Waals surface area contributed by atoms with Crippen LogP contribution in [0.1, 0.15) is 46.1 Å². The summed E-state index contributed by atoms with van der Waals surface area (Å²) in [6, 6.07) is 3.98. The maximum absolute atomic E-state index is 10.8. The zero-order valence-corrected chi connectivity index (χ0v) is 12.8. The number of aliphatic hydroxyl groups is 1. The van der Waals surface area contributed by atoms with Gasteiger partial charge in [-0.1, -0.05) is 27.7 Å². The minimum absolute atomic E-state index is 0.118.